The highest BCUT2D eigenvalue weighted by molar-refractivity contribution is 5.89. The van der Waals surface area contributed by atoms with Crippen molar-refractivity contribution in [2.75, 3.05) is 0 Å². The van der Waals surface area contributed by atoms with Gasteiger partial charge >= 0.3 is 12.1 Å². The maximum Gasteiger partial charge on any atom is 0.416 e. The first kappa shape index (κ1) is 14.1. The third-order valence-electron chi connectivity index (χ3n) is 3.33. The van der Waals surface area contributed by atoms with Gasteiger partial charge in [0.1, 0.15) is 0 Å². The highest BCUT2D eigenvalue weighted by Crippen LogP contribution is 2.31. The van der Waals surface area contributed by atoms with Crippen LogP contribution in [-0.4, -0.2) is 25.4 Å². The van der Waals surface area contributed by atoms with Gasteiger partial charge in [-0.1, -0.05) is 0 Å². The van der Waals surface area contributed by atoms with E-state index in [1.807, 2.05) is 0 Å². The molecule has 0 bridgehead atoms. The molecule has 2 aromatic heterocycles. The molecule has 3 aromatic rings. The molecule has 2 N–H and O–H groups in total. The molecule has 0 unspecified atom stereocenters. The van der Waals surface area contributed by atoms with Gasteiger partial charge in [0.15, 0.2) is 5.69 Å². The van der Waals surface area contributed by atoms with Crippen LogP contribution in [-0.2, 0) is 6.18 Å². The smallest absolute Gasteiger partial charge is 0.416 e. The van der Waals surface area contributed by atoms with Crippen LogP contribution in [0.3, 0.4) is 0 Å². The number of H-pyrrole nitrogens is 1. The molecule has 0 aliphatic rings. The molecular weight excluding hydrogens is 303 g/mol. The Balaban J connectivity index is 2.46. The first-order valence-corrected chi connectivity index (χ1v) is 6.05. The van der Waals surface area contributed by atoms with E-state index in [0.29, 0.717) is 0 Å². The molecule has 0 radical (unpaired) electrons. The number of imidazole rings is 1. The number of aromatic amines is 1. The summed E-state index contributed by atoms with van der Waals surface area (Å²) in [6.07, 6.45) is -4.55. The van der Waals surface area contributed by atoms with E-state index < -0.39 is 23.3 Å². The molecule has 1 aromatic carbocycles. The molecule has 0 fully saturated rings. The Morgan fingerprint density at radius 2 is 2.05 bits per heavy atom. The number of hydrogen-bond acceptors (Lipinski definition) is 3. The highest BCUT2D eigenvalue weighted by atomic mass is 19.4. The molecule has 0 saturated carbocycles. The van der Waals surface area contributed by atoms with Crippen molar-refractivity contribution in [3.05, 3.63) is 45.5 Å². The van der Waals surface area contributed by atoms with Crippen molar-refractivity contribution in [1.29, 1.82) is 0 Å². The number of nitrogens with one attached hydrogen (secondary N) is 1. The van der Waals surface area contributed by atoms with Gasteiger partial charge in [0.05, 0.1) is 22.3 Å². The number of aromatic carboxylic acids is 1. The number of benzene rings is 1. The average molecular weight is 311 g/mol. The van der Waals surface area contributed by atoms with Crippen LogP contribution in [0.1, 0.15) is 21.7 Å². The van der Waals surface area contributed by atoms with Gasteiger partial charge in [-0.15, -0.1) is 0 Å². The fourth-order valence-electron chi connectivity index (χ4n) is 2.34. The quantitative estimate of drug-likeness (QED) is 0.721. The monoisotopic (exact) mass is 311 g/mol. The number of nitrogens with zero attached hydrogens (tertiary/aromatic N) is 2. The number of carbonyl (C=O) groups is 1. The SMILES string of the molecule is Cc1c(C(=O)O)nc2c(=O)[nH]c3cc(C(F)(F)F)ccc3n12. The number of rotatable bonds is 1. The van der Waals surface area contributed by atoms with Gasteiger partial charge < -0.3 is 10.1 Å². The van der Waals surface area contributed by atoms with Crippen molar-refractivity contribution in [1.82, 2.24) is 14.4 Å². The number of carboxylic acid groups (broad SMARTS) is 1. The van der Waals surface area contributed by atoms with Gasteiger partial charge in [0, 0.05) is 0 Å². The molecule has 3 rings (SSSR count). The van der Waals surface area contributed by atoms with E-state index in [-0.39, 0.29) is 28.1 Å². The molecule has 6 nitrogen and oxygen atoms in total. The molecule has 0 atom stereocenters. The summed E-state index contributed by atoms with van der Waals surface area (Å²) in [5.41, 5.74) is -1.82. The summed E-state index contributed by atoms with van der Waals surface area (Å²) in [7, 11) is 0. The molecule has 114 valence electrons. The second-order valence-electron chi connectivity index (χ2n) is 4.69. The summed E-state index contributed by atoms with van der Waals surface area (Å²) >= 11 is 0. The number of alkyl halides is 3. The van der Waals surface area contributed by atoms with Gasteiger partial charge in [0.25, 0.3) is 5.56 Å². The van der Waals surface area contributed by atoms with Crippen LogP contribution < -0.4 is 5.56 Å². The number of hydrogen-bond donors (Lipinski definition) is 2. The van der Waals surface area contributed by atoms with Crippen molar-refractivity contribution in [2.45, 2.75) is 13.1 Å². The van der Waals surface area contributed by atoms with Crippen LogP contribution in [0, 0.1) is 6.92 Å². The summed E-state index contributed by atoms with van der Waals surface area (Å²) in [4.78, 5) is 29.0. The normalized spacial score (nSPS) is 12.2. The van der Waals surface area contributed by atoms with Crippen LogP contribution in [0.15, 0.2) is 23.0 Å². The minimum Gasteiger partial charge on any atom is -0.476 e. The third-order valence-corrected chi connectivity index (χ3v) is 3.33. The number of halogens is 3. The van der Waals surface area contributed by atoms with Crippen LogP contribution in [0.4, 0.5) is 13.2 Å². The zero-order chi connectivity index (χ0) is 16.2. The second-order valence-corrected chi connectivity index (χ2v) is 4.69. The predicted molar refractivity (Wildman–Crippen MR) is 70.0 cm³/mol. The Morgan fingerprint density at radius 3 is 2.64 bits per heavy atom. The molecule has 0 saturated heterocycles. The maximum absolute atomic E-state index is 12.7. The summed E-state index contributed by atoms with van der Waals surface area (Å²) in [6.45, 7) is 1.43. The standard InChI is InChI=1S/C13H8F3N3O3/c1-5-9(12(21)22)18-10-11(20)17-7-4-6(13(14,15)16)2-3-8(7)19(5)10/h2-4H,1H3,(H,17,20)(H,21,22). The van der Waals surface area contributed by atoms with E-state index in [1.165, 1.54) is 17.4 Å². The fourth-order valence-corrected chi connectivity index (χ4v) is 2.34. The minimum atomic E-state index is -4.55. The number of aromatic nitrogens is 3. The zero-order valence-corrected chi connectivity index (χ0v) is 11.0. The Kier molecular flexibility index (Phi) is 2.77. The first-order chi connectivity index (χ1) is 10.2. The molecule has 0 aliphatic carbocycles. The van der Waals surface area contributed by atoms with Crippen molar-refractivity contribution in [2.24, 2.45) is 0 Å². The maximum atomic E-state index is 12.7. The lowest BCUT2D eigenvalue weighted by Crippen LogP contribution is -2.12. The van der Waals surface area contributed by atoms with Gasteiger partial charge in [-0.3, -0.25) is 9.20 Å². The molecule has 0 amide bonds. The van der Waals surface area contributed by atoms with Gasteiger partial charge in [-0.05, 0) is 25.1 Å². The first-order valence-electron chi connectivity index (χ1n) is 6.05. The average Bonchev–Trinajstić information content (AvgIpc) is 2.76. The van der Waals surface area contributed by atoms with Crippen molar-refractivity contribution >= 4 is 22.6 Å². The minimum absolute atomic E-state index is 0.0511. The second kappa shape index (κ2) is 4.33. The van der Waals surface area contributed by atoms with Crippen molar-refractivity contribution in [3.63, 3.8) is 0 Å². The van der Waals surface area contributed by atoms with E-state index in [0.717, 1.165) is 12.1 Å². The van der Waals surface area contributed by atoms with Crippen molar-refractivity contribution in [3.8, 4) is 0 Å². The van der Waals surface area contributed by atoms with Gasteiger partial charge in [-0.25, -0.2) is 9.78 Å². The van der Waals surface area contributed by atoms with Crippen LogP contribution in [0.2, 0.25) is 0 Å². The highest BCUT2D eigenvalue weighted by Gasteiger charge is 2.31. The molecule has 22 heavy (non-hydrogen) atoms. The van der Waals surface area contributed by atoms with E-state index in [1.54, 1.807) is 0 Å². The number of aryl methyl sites for hydroxylation is 1. The third kappa shape index (κ3) is 1.93. The number of carboxylic acids is 1. The molecule has 2 heterocycles. The van der Waals surface area contributed by atoms with Gasteiger partial charge in [0.2, 0.25) is 5.65 Å². The number of fused-ring (bicyclic) bond motifs is 3. The Labute approximate surface area is 119 Å². The summed E-state index contributed by atoms with van der Waals surface area (Å²) in [5.74, 6) is -1.32. The largest absolute Gasteiger partial charge is 0.476 e. The zero-order valence-electron chi connectivity index (χ0n) is 11.0. The Morgan fingerprint density at radius 1 is 1.36 bits per heavy atom. The lowest BCUT2D eigenvalue weighted by molar-refractivity contribution is -0.137. The van der Waals surface area contributed by atoms with E-state index in [2.05, 4.69) is 9.97 Å². The molecular formula is C13H8F3N3O3. The summed E-state index contributed by atoms with van der Waals surface area (Å²) < 4.78 is 39.4. The van der Waals surface area contributed by atoms with E-state index >= 15 is 0 Å². The Bertz CT molecular complexity index is 985. The van der Waals surface area contributed by atoms with Gasteiger partial charge in [-0.2, -0.15) is 13.2 Å². The molecule has 9 heteroatoms. The Hall–Kier alpha value is -2.84. The lowest BCUT2D eigenvalue weighted by Gasteiger charge is -2.09. The van der Waals surface area contributed by atoms with Crippen LogP contribution in [0.25, 0.3) is 16.7 Å². The summed E-state index contributed by atoms with van der Waals surface area (Å²) in [5, 5.41) is 9.04. The predicted octanol–water partition coefficient (Wildman–Crippen LogP) is 2.20. The van der Waals surface area contributed by atoms with Crippen molar-refractivity contribution < 1.29 is 23.1 Å². The summed E-state index contributed by atoms with van der Waals surface area (Å²) in [6, 6.07) is 2.83. The molecule has 0 spiro atoms. The topological polar surface area (TPSA) is 87.5 Å². The van der Waals surface area contributed by atoms with E-state index in [4.69, 9.17) is 5.11 Å². The fraction of sp³-hybridized carbons (Fsp3) is 0.154. The van der Waals surface area contributed by atoms with Crippen LogP contribution >= 0.6 is 0 Å². The van der Waals surface area contributed by atoms with E-state index in [9.17, 15) is 22.8 Å². The molecule has 0 aliphatic heterocycles. The van der Waals surface area contributed by atoms with Crippen LogP contribution in [0.5, 0.6) is 0 Å². The lowest BCUT2D eigenvalue weighted by atomic mass is 10.2.